The first-order chi connectivity index (χ1) is 20.3. The highest BCUT2D eigenvalue weighted by atomic mass is 32.1. The molecule has 4 nitrogen and oxygen atoms in total. The van der Waals surface area contributed by atoms with E-state index < -0.39 is 0 Å². The molecule has 9 aromatic rings. The van der Waals surface area contributed by atoms with Gasteiger partial charge >= 0.3 is 0 Å². The predicted octanol–water partition coefficient (Wildman–Crippen LogP) is 10.0. The van der Waals surface area contributed by atoms with Gasteiger partial charge in [-0.2, -0.15) is 0 Å². The first-order valence-electron chi connectivity index (χ1n) is 13.7. The average Bonchev–Trinajstić information content (AvgIpc) is 3.57. The van der Waals surface area contributed by atoms with Crippen LogP contribution < -0.4 is 4.74 Å². The number of rotatable bonds is 1. The van der Waals surface area contributed by atoms with E-state index in [1.165, 1.54) is 41.7 Å². The molecule has 3 aromatic heterocycles. The normalized spacial score (nSPS) is 12.6. The molecule has 0 saturated heterocycles. The molecular weight excluding hydrogens is 522 g/mol. The van der Waals surface area contributed by atoms with Crippen LogP contribution in [0.15, 0.2) is 115 Å². The van der Waals surface area contributed by atoms with Crippen LogP contribution in [-0.4, -0.2) is 14.5 Å². The van der Waals surface area contributed by atoms with Crippen molar-refractivity contribution >= 4 is 75.0 Å². The smallest absolute Gasteiger partial charge is 0.235 e. The second-order valence-corrected chi connectivity index (χ2v) is 11.6. The number of aromatic nitrogens is 3. The number of para-hydroxylation sites is 2. The largest absolute Gasteiger partial charge is 0.456 e. The number of hydrogen-bond donors (Lipinski definition) is 0. The van der Waals surface area contributed by atoms with Gasteiger partial charge in [0, 0.05) is 41.9 Å². The van der Waals surface area contributed by atoms with Crippen LogP contribution in [0.25, 0.3) is 80.9 Å². The fourth-order valence-corrected chi connectivity index (χ4v) is 7.89. The number of benzene rings is 6. The quantitative estimate of drug-likeness (QED) is 0.208. The highest BCUT2D eigenvalue weighted by Crippen LogP contribution is 2.46. The fourth-order valence-electron chi connectivity index (χ4n) is 6.66. The zero-order valence-electron chi connectivity index (χ0n) is 21.6. The van der Waals surface area contributed by atoms with Gasteiger partial charge in [0.1, 0.15) is 11.5 Å². The van der Waals surface area contributed by atoms with E-state index in [1.807, 2.05) is 47.7 Å². The van der Waals surface area contributed by atoms with Gasteiger partial charge in [0.2, 0.25) is 5.95 Å². The van der Waals surface area contributed by atoms with Crippen molar-refractivity contribution < 1.29 is 4.74 Å². The lowest BCUT2D eigenvalue weighted by Gasteiger charge is -2.20. The Bertz CT molecular complexity index is 2580. The van der Waals surface area contributed by atoms with Crippen molar-refractivity contribution in [3.05, 3.63) is 115 Å². The van der Waals surface area contributed by atoms with E-state index in [0.717, 1.165) is 44.7 Å². The summed E-state index contributed by atoms with van der Waals surface area (Å²) in [6.07, 6.45) is 0. The van der Waals surface area contributed by atoms with Crippen LogP contribution in [0.5, 0.6) is 11.5 Å². The minimum atomic E-state index is 0.662. The predicted molar refractivity (Wildman–Crippen MR) is 170 cm³/mol. The fraction of sp³-hybridized carbons (Fsp3) is 0. The molecule has 0 aliphatic carbocycles. The van der Waals surface area contributed by atoms with Crippen LogP contribution >= 0.6 is 11.3 Å². The van der Waals surface area contributed by atoms with Crippen molar-refractivity contribution in [3.8, 4) is 28.7 Å². The molecule has 0 unspecified atom stereocenters. The monoisotopic (exact) mass is 541 g/mol. The van der Waals surface area contributed by atoms with E-state index in [9.17, 15) is 0 Å². The lowest BCUT2D eigenvalue weighted by Crippen LogP contribution is -2.06. The summed E-state index contributed by atoms with van der Waals surface area (Å²) in [7, 11) is 0. The van der Waals surface area contributed by atoms with Crippen LogP contribution in [0.2, 0.25) is 0 Å². The van der Waals surface area contributed by atoms with E-state index in [-0.39, 0.29) is 0 Å². The molecule has 0 saturated carbocycles. The number of thiophene rings is 1. The third kappa shape index (κ3) is 2.78. The van der Waals surface area contributed by atoms with Gasteiger partial charge in [-0.25, -0.2) is 9.97 Å². The minimum Gasteiger partial charge on any atom is -0.456 e. The molecular formula is C36H19N3OS. The maximum atomic E-state index is 6.24. The lowest BCUT2D eigenvalue weighted by molar-refractivity contribution is 0.486. The summed E-state index contributed by atoms with van der Waals surface area (Å²) in [5.41, 5.74) is 4.95. The van der Waals surface area contributed by atoms with Gasteiger partial charge in [-0.15, -0.1) is 11.3 Å². The van der Waals surface area contributed by atoms with Crippen LogP contribution in [0.1, 0.15) is 0 Å². The van der Waals surface area contributed by atoms with Crippen molar-refractivity contribution in [1.82, 2.24) is 14.5 Å². The Morgan fingerprint density at radius 3 is 2.27 bits per heavy atom. The Balaban J connectivity index is 1.34. The van der Waals surface area contributed by atoms with Gasteiger partial charge in [-0.1, -0.05) is 72.8 Å². The van der Waals surface area contributed by atoms with Crippen molar-refractivity contribution in [2.45, 2.75) is 0 Å². The van der Waals surface area contributed by atoms with Crippen LogP contribution in [0.4, 0.5) is 0 Å². The van der Waals surface area contributed by atoms with Gasteiger partial charge in [-0.3, -0.25) is 4.57 Å². The zero-order chi connectivity index (χ0) is 26.7. The summed E-state index contributed by atoms with van der Waals surface area (Å²) < 4.78 is 11.1. The first kappa shape index (κ1) is 21.5. The van der Waals surface area contributed by atoms with E-state index in [4.69, 9.17) is 14.7 Å². The highest BCUT2D eigenvalue weighted by Gasteiger charge is 2.25. The van der Waals surface area contributed by atoms with Crippen LogP contribution in [-0.2, 0) is 0 Å². The minimum absolute atomic E-state index is 0.662. The van der Waals surface area contributed by atoms with E-state index >= 15 is 0 Å². The number of nitrogens with zero attached hydrogens (tertiary/aromatic N) is 3. The second-order valence-electron chi connectivity index (χ2n) is 10.6. The lowest BCUT2D eigenvalue weighted by atomic mass is 10.0. The van der Waals surface area contributed by atoms with E-state index in [1.54, 1.807) is 0 Å². The molecule has 4 heterocycles. The number of ether oxygens (including phenoxy) is 1. The molecule has 0 fully saturated rings. The summed E-state index contributed by atoms with van der Waals surface area (Å²) >= 11 is 1.87. The number of hydrogen-bond acceptors (Lipinski definition) is 4. The average molecular weight is 542 g/mol. The van der Waals surface area contributed by atoms with E-state index in [2.05, 4.69) is 83.4 Å². The standard InChI is InChI=1S/C36H19N3OS/c1-4-12-27-24(9-1)32-21-16-17-22-20-8-3-6-15-31(20)41-35(22)23(21)18-19-28(32)39(27)36-37-26-11-7-14-30-33(26)34(38-36)25-10-2-5-13-29(25)40-30/h1-19H. The Morgan fingerprint density at radius 1 is 0.537 bits per heavy atom. The van der Waals surface area contributed by atoms with E-state index in [0.29, 0.717) is 5.95 Å². The van der Waals surface area contributed by atoms with Gasteiger partial charge in [0.15, 0.2) is 0 Å². The summed E-state index contributed by atoms with van der Waals surface area (Å²) in [5.74, 6) is 2.27. The zero-order valence-corrected chi connectivity index (χ0v) is 22.4. The Kier molecular flexibility index (Phi) is 4.04. The van der Waals surface area contributed by atoms with Gasteiger partial charge in [-0.05, 0) is 47.9 Å². The molecule has 6 aromatic carbocycles. The first-order valence-corrected chi connectivity index (χ1v) is 14.5. The summed E-state index contributed by atoms with van der Waals surface area (Å²) in [6.45, 7) is 0. The van der Waals surface area contributed by atoms with Gasteiger partial charge in [0.05, 0.1) is 27.6 Å². The molecule has 0 bridgehead atoms. The summed E-state index contributed by atoms with van der Waals surface area (Å²) in [4.78, 5) is 10.4. The molecule has 190 valence electrons. The molecule has 41 heavy (non-hydrogen) atoms. The molecule has 1 aliphatic heterocycles. The third-order valence-corrected chi connectivity index (χ3v) is 9.63. The number of fused-ring (bicyclic) bond motifs is 11. The Labute approximate surface area is 237 Å². The second kappa shape index (κ2) is 7.68. The maximum Gasteiger partial charge on any atom is 0.235 e. The molecule has 0 radical (unpaired) electrons. The summed E-state index contributed by atoms with van der Waals surface area (Å²) in [6, 6.07) is 40.5. The Morgan fingerprint density at radius 2 is 1.29 bits per heavy atom. The molecule has 0 spiro atoms. The SMILES string of the molecule is c1ccc2c(c1)Oc1cccc3nc(-n4c5ccccc5c5c6ccc7c8ccccc8sc7c6ccc54)nc-2c13. The molecule has 0 atom stereocenters. The Hall–Kier alpha value is -5.26. The van der Waals surface area contributed by atoms with Crippen molar-refractivity contribution in [2.24, 2.45) is 0 Å². The molecule has 10 rings (SSSR count). The molecule has 0 N–H and O–H groups in total. The molecule has 5 heteroatoms. The molecule has 0 amide bonds. The third-order valence-electron chi connectivity index (χ3n) is 8.41. The van der Waals surface area contributed by atoms with Gasteiger partial charge < -0.3 is 4.74 Å². The maximum absolute atomic E-state index is 6.24. The summed E-state index contributed by atoms with van der Waals surface area (Å²) in [5, 5.41) is 8.54. The van der Waals surface area contributed by atoms with Crippen molar-refractivity contribution in [2.75, 3.05) is 0 Å². The van der Waals surface area contributed by atoms with Crippen molar-refractivity contribution in [1.29, 1.82) is 0 Å². The topological polar surface area (TPSA) is 39.9 Å². The van der Waals surface area contributed by atoms with Crippen LogP contribution in [0, 0.1) is 0 Å². The van der Waals surface area contributed by atoms with Gasteiger partial charge in [0.25, 0.3) is 0 Å². The highest BCUT2D eigenvalue weighted by molar-refractivity contribution is 7.26. The molecule has 1 aliphatic rings. The van der Waals surface area contributed by atoms with Crippen molar-refractivity contribution in [3.63, 3.8) is 0 Å². The van der Waals surface area contributed by atoms with Crippen LogP contribution in [0.3, 0.4) is 0 Å².